The van der Waals surface area contributed by atoms with E-state index in [1.165, 1.54) is 0 Å². The van der Waals surface area contributed by atoms with Crippen LogP contribution in [0.15, 0.2) is 54.6 Å². The smallest absolute Gasteiger partial charge is 0.313 e. The van der Waals surface area contributed by atoms with Crippen LogP contribution in [0.3, 0.4) is 0 Å². The van der Waals surface area contributed by atoms with E-state index in [4.69, 9.17) is 5.11 Å². The number of carbonyl (C=O) groups excluding carboxylic acids is 2. The van der Waals surface area contributed by atoms with Gasteiger partial charge in [0.2, 0.25) is 0 Å². The summed E-state index contributed by atoms with van der Waals surface area (Å²) < 4.78 is 0. The van der Waals surface area contributed by atoms with E-state index < -0.39 is 17.9 Å². The Morgan fingerprint density at radius 2 is 1.67 bits per heavy atom. The Hall–Kier alpha value is -3.10. The summed E-state index contributed by atoms with van der Waals surface area (Å²) in [5, 5.41) is 13.8. The van der Waals surface area contributed by atoms with Crippen molar-refractivity contribution in [1.82, 2.24) is 5.32 Å². The normalized spacial score (nSPS) is 10.9. The van der Waals surface area contributed by atoms with Crippen LogP contribution in [0.4, 0.5) is 5.69 Å². The summed E-state index contributed by atoms with van der Waals surface area (Å²) in [4.78, 5) is 23.7. The highest BCUT2D eigenvalue weighted by molar-refractivity contribution is 6.39. The zero-order valence-corrected chi connectivity index (χ0v) is 13.2. The first kappa shape index (κ1) is 17.3. The number of aliphatic hydroxyl groups excluding tert-OH is 1. The van der Waals surface area contributed by atoms with Gasteiger partial charge in [0.1, 0.15) is 0 Å². The predicted octanol–water partition coefficient (Wildman–Crippen LogP) is 1.52. The van der Waals surface area contributed by atoms with Crippen molar-refractivity contribution in [1.29, 1.82) is 0 Å². The van der Waals surface area contributed by atoms with Crippen LogP contribution in [0.5, 0.6) is 0 Å². The first-order valence-electron chi connectivity index (χ1n) is 7.49. The lowest BCUT2D eigenvalue weighted by atomic mass is 10.1. The van der Waals surface area contributed by atoms with Crippen molar-refractivity contribution in [3.8, 4) is 11.8 Å². The predicted molar refractivity (Wildman–Crippen MR) is 92.2 cm³/mol. The van der Waals surface area contributed by atoms with E-state index in [0.717, 1.165) is 5.56 Å². The van der Waals surface area contributed by atoms with Crippen molar-refractivity contribution < 1.29 is 14.7 Å². The van der Waals surface area contributed by atoms with E-state index in [1.54, 1.807) is 31.2 Å². The highest BCUT2D eigenvalue weighted by Crippen LogP contribution is 2.14. The number of para-hydroxylation sites is 1. The number of hydrogen-bond donors (Lipinski definition) is 3. The molecule has 1 atom stereocenters. The number of rotatable bonds is 3. The molecule has 5 nitrogen and oxygen atoms in total. The van der Waals surface area contributed by atoms with Crippen molar-refractivity contribution in [2.24, 2.45) is 0 Å². The van der Waals surface area contributed by atoms with Gasteiger partial charge in [0, 0.05) is 17.2 Å². The summed E-state index contributed by atoms with van der Waals surface area (Å²) in [6.45, 7) is 1.36. The molecular formula is C19H18N2O3. The molecule has 3 N–H and O–H groups in total. The molecule has 0 saturated carbocycles. The maximum Gasteiger partial charge on any atom is 0.313 e. The van der Waals surface area contributed by atoms with Crippen LogP contribution in [0, 0.1) is 11.8 Å². The summed E-state index contributed by atoms with van der Waals surface area (Å²) in [6.07, 6.45) is 0. The van der Waals surface area contributed by atoms with Crippen LogP contribution < -0.4 is 10.6 Å². The highest BCUT2D eigenvalue weighted by atomic mass is 16.3. The van der Waals surface area contributed by atoms with E-state index in [1.807, 2.05) is 30.3 Å². The molecule has 5 heteroatoms. The Morgan fingerprint density at radius 3 is 2.38 bits per heavy atom. The molecule has 24 heavy (non-hydrogen) atoms. The van der Waals surface area contributed by atoms with E-state index in [-0.39, 0.29) is 6.61 Å². The lowest BCUT2D eigenvalue weighted by Gasteiger charge is -2.11. The molecule has 0 aromatic heterocycles. The van der Waals surface area contributed by atoms with Crippen LogP contribution in [0.1, 0.15) is 18.1 Å². The van der Waals surface area contributed by atoms with Gasteiger partial charge in [0.05, 0.1) is 12.3 Å². The fraction of sp³-hybridized carbons (Fsp3) is 0.158. The van der Waals surface area contributed by atoms with Gasteiger partial charge in [-0.1, -0.05) is 42.2 Å². The third kappa shape index (κ3) is 4.97. The Morgan fingerprint density at radius 1 is 1.00 bits per heavy atom. The minimum absolute atomic E-state index is 0.238. The van der Waals surface area contributed by atoms with E-state index in [9.17, 15) is 9.59 Å². The molecule has 2 rings (SSSR count). The highest BCUT2D eigenvalue weighted by Gasteiger charge is 2.16. The number of aliphatic hydroxyl groups is 1. The summed E-state index contributed by atoms with van der Waals surface area (Å²) in [6, 6.07) is 16.0. The lowest BCUT2D eigenvalue weighted by Crippen LogP contribution is -2.42. The minimum atomic E-state index is -0.803. The van der Waals surface area contributed by atoms with Gasteiger partial charge in [-0.15, -0.1) is 0 Å². The Balaban J connectivity index is 2.13. The van der Waals surface area contributed by atoms with Crippen LogP contribution in [-0.4, -0.2) is 29.6 Å². The van der Waals surface area contributed by atoms with Crippen LogP contribution in [0.2, 0.25) is 0 Å². The quantitative estimate of drug-likeness (QED) is 0.592. The van der Waals surface area contributed by atoms with Crippen molar-refractivity contribution >= 4 is 17.5 Å². The third-order valence-electron chi connectivity index (χ3n) is 3.15. The van der Waals surface area contributed by atoms with Gasteiger partial charge >= 0.3 is 11.8 Å². The van der Waals surface area contributed by atoms with E-state index in [2.05, 4.69) is 22.5 Å². The minimum Gasteiger partial charge on any atom is -0.394 e. The molecule has 0 bridgehead atoms. The monoisotopic (exact) mass is 322 g/mol. The maximum atomic E-state index is 11.9. The Kier molecular flexibility index (Phi) is 6.12. The second-order valence-electron chi connectivity index (χ2n) is 5.17. The number of amides is 2. The fourth-order valence-corrected chi connectivity index (χ4v) is 1.88. The van der Waals surface area contributed by atoms with Gasteiger partial charge < -0.3 is 15.7 Å². The topological polar surface area (TPSA) is 78.4 Å². The van der Waals surface area contributed by atoms with E-state index in [0.29, 0.717) is 11.3 Å². The number of anilines is 1. The number of benzene rings is 2. The molecule has 0 spiro atoms. The van der Waals surface area contributed by atoms with Crippen LogP contribution in [-0.2, 0) is 9.59 Å². The van der Waals surface area contributed by atoms with E-state index >= 15 is 0 Å². The second kappa shape index (κ2) is 8.51. The standard InChI is InChI=1S/C19H18N2O3/c1-14(13-22)20-18(23)19(24)21-17-10-6-5-9-16(17)12-11-15-7-3-2-4-8-15/h2-10,14,22H,13H2,1H3,(H,20,23)(H,21,24). The van der Waals surface area contributed by atoms with Gasteiger partial charge in [-0.2, -0.15) is 0 Å². The summed E-state index contributed by atoms with van der Waals surface area (Å²) >= 11 is 0. The SMILES string of the molecule is CC(CO)NC(=O)C(=O)Nc1ccccc1C#Cc1ccccc1. The molecule has 0 radical (unpaired) electrons. The lowest BCUT2D eigenvalue weighted by molar-refractivity contribution is -0.136. The fourth-order valence-electron chi connectivity index (χ4n) is 1.88. The maximum absolute atomic E-state index is 11.9. The number of nitrogens with one attached hydrogen (secondary N) is 2. The second-order valence-corrected chi connectivity index (χ2v) is 5.17. The molecule has 0 saturated heterocycles. The van der Waals surface area contributed by atoms with Crippen molar-refractivity contribution in [3.05, 3.63) is 65.7 Å². The molecular weight excluding hydrogens is 304 g/mol. The average Bonchev–Trinajstić information content (AvgIpc) is 2.61. The third-order valence-corrected chi connectivity index (χ3v) is 3.15. The van der Waals surface area contributed by atoms with Crippen molar-refractivity contribution in [3.63, 3.8) is 0 Å². The van der Waals surface area contributed by atoms with Crippen molar-refractivity contribution in [2.75, 3.05) is 11.9 Å². The molecule has 122 valence electrons. The molecule has 2 amide bonds. The van der Waals surface area contributed by atoms with Gasteiger partial charge in [-0.3, -0.25) is 9.59 Å². The zero-order chi connectivity index (χ0) is 17.4. The summed E-state index contributed by atoms with van der Waals surface area (Å²) in [5.74, 6) is 4.39. The number of carbonyl (C=O) groups is 2. The molecule has 2 aromatic rings. The van der Waals surface area contributed by atoms with Gasteiger partial charge in [-0.05, 0) is 31.2 Å². The first-order chi connectivity index (χ1) is 11.6. The Labute approximate surface area is 140 Å². The van der Waals surface area contributed by atoms with Gasteiger partial charge in [0.25, 0.3) is 0 Å². The summed E-state index contributed by atoms with van der Waals surface area (Å²) in [5.41, 5.74) is 1.92. The molecule has 0 aliphatic carbocycles. The molecule has 0 aliphatic rings. The molecule has 0 heterocycles. The largest absolute Gasteiger partial charge is 0.394 e. The molecule has 2 aromatic carbocycles. The first-order valence-corrected chi connectivity index (χ1v) is 7.49. The van der Waals surface area contributed by atoms with Gasteiger partial charge in [-0.25, -0.2) is 0 Å². The van der Waals surface area contributed by atoms with Crippen LogP contribution in [0.25, 0.3) is 0 Å². The molecule has 0 fully saturated rings. The molecule has 0 aliphatic heterocycles. The van der Waals surface area contributed by atoms with Gasteiger partial charge in [0.15, 0.2) is 0 Å². The number of hydrogen-bond acceptors (Lipinski definition) is 3. The van der Waals surface area contributed by atoms with Crippen LogP contribution >= 0.6 is 0 Å². The van der Waals surface area contributed by atoms with Crippen molar-refractivity contribution in [2.45, 2.75) is 13.0 Å². The Bertz CT molecular complexity index is 776. The summed E-state index contributed by atoms with van der Waals surface area (Å²) in [7, 11) is 0. The molecule has 1 unspecified atom stereocenters. The average molecular weight is 322 g/mol. The zero-order valence-electron chi connectivity index (χ0n) is 13.2.